The number of rotatable bonds is 6. The Balaban J connectivity index is 6.39. The predicted molar refractivity (Wildman–Crippen MR) is 52.8 cm³/mol. The van der Waals surface area contributed by atoms with Gasteiger partial charge in [0.05, 0.1) is 0 Å². The van der Waals surface area contributed by atoms with Crippen LogP contribution in [0.15, 0.2) is 0 Å². The molecular formula is C10H9F13O2. The van der Waals surface area contributed by atoms with Crippen LogP contribution in [-0.4, -0.2) is 46.9 Å². The van der Waals surface area contributed by atoms with E-state index >= 15 is 0 Å². The molecule has 0 fully saturated rings. The van der Waals surface area contributed by atoms with Gasteiger partial charge < -0.3 is 9.84 Å². The van der Waals surface area contributed by atoms with Crippen molar-refractivity contribution in [3.05, 3.63) is 0 Å². The summed E-state index contributed by atoms with van der Waals surface area (Å²) < 4.78 is 168. The van der Waals surface area contributed by atoms with Crippen LogP contribution in [-0.2, 0) is 4.74 Å². The zero-order valence-corrected chi connectivity index (χ0v) is 12.0. The second kappa shape index (κ2) is 6.03. The summed E-state index contributed by atoms with van der Waals surface area (Å²) >= 11 is 0. The van der Waals surface area contributed by atoms with E-state index in [1.807, 2.05) is 0 Å². The number of ether oxygens (including phenoxy) is 1. The van der Waals surface area contributed by atoms with Gasteiger partial charge >= 0.3 is 36.2 Å². The fourth-order valence-electron chi connectivity index (χ4n) is 1.69. The van der Waals surface area contributed by atoms with Gasteiger partial charge in [-0.15, -0.1) is 0 Å². The van der Waals surface area contributed by atoms with Crippen LogP contribution in [0.3, 0.4) is 0 Å². The highest BCUT2D eigenvalue weighted by atomic mass is 19.4. The summed E-state index contributed by atoms with van der Waals surface area (Å²) in [5, 5.41) is 8.14. The highest BCUT2D eigenvalue weighted by Crippen LogP contribution is 2.57. The molecule has 0 aliphatic rings. The molecule has 0 aliphatic carbocycles. The first kappa shape index (κ1) is 24.0. The molecule has 25 heavy (non-hydrogen) atoms. The Bertz CT molecular complexity index is 461. The minimum Gasteiger partial charge on any atom is -0.333 e. The minimum absolute atomic E-state index is 0.244. The van der Waals surface area contributed by atoms with Crippen molar-refractivity contribution in [1.82, 2.24) is 0 Å². The second-order valence-electron chi connectivity index (χ2n) is 4.97. The van der Waals surface area contributed by atoms with Gasteiger partial charge in [-0.05, 0) is 13.3 Å². The monoisotopic (exact) mass is 408 g/mol. The van der Waals surface area contributed by atoms with Gasteiger partial charge in [-0.1, -0.05) is 6.92 Å². The van der Waals surface area contributed by atoms with Gasteiger partial charge in [0.2, 0.25) is 0 Å². The average molecular weight is 408 g/mol. The fourth-order valence-corrected chi connectivity index (χ4v) is 1.69. The summed E-state index contributed by atoms with van der Waals surface area (Å²) in [7, 11) is 0. The zero-order chi connectivity index (χ0) is 20.9. The Morgan fingerprint density at radius 1 is 0.720 bits per heavy atom. The summed E-state index contributed by atoms with van der Waals surface area (Å²) in [6.07, 6.45) is -29.3. The number of alkyl halides is 13. The third-order valence-corrected chi connectivity index (χ3v) is 3.28. The molecule has 2 atom stereocenters. The standard InChI is InChI=1S/C10H9F13O2/c1-3-4(2,5(11,7(14,15)16)9(20,21)24)25-10(22,23)6(12,13)8(17,18)19/h24H,3H2,1-2H3/t4?,5-/m0/s1. The second-order valence-corrected chi connectivity index (χ2v) is 4.97. The van der Waals surface area contributed by atoms with Gasteiger partial charge in [0.1, 0.15) is 5.60 Å². The van der Waals surface area contributed by atoms with E-state index in [9.17, 15) is 57.1 Å². The molecule has 0 spiro atoms. The molecule has 2 nitrogen and oxygen atoms in total. The van der Waals surface area contributed by atoms with Crippen LogP contribution in [0.1, 0.15) is 20.3 Å². The number of halogens is 13. The molecule has 1 unspecified atom stereocenters. The Labute approximate surface area is 130 Å². The van der Waals surface area contributed by atoms with Crippen molar-refractivity contribution >= 4 is 0 Å². The van der Waals surface area contributed by atoms with Crippen LogP contribution >= 0.6 is 0 Å². The van der Waals surface area contributed by atoms with Gasteiger partial charge in [-0.25, -0.2) is 4.39 Å². The fraction of sp³-hybridized carbons (Fsp3) is 1.00. The molecule has 0 saturated carbocycles. The molecule has 0 radical (unpaired) electrons. The van der Waals surface area contributed by atoms with Crippen LogP contribution in [0.2, 0.25) is 0 Å². The summed E-state index contributed by atoms with van der Waals surface area (Å²) in [6.45, 7) is -0.321. The smallest absolute Gasteiger partial charge is 0.333 e. The van der Waals surface area contributed by atoms with Gasteiger partial charge in [0.25, 0.3) is 0 Å². The molecule has 152 valence electrons. The van der Waals surface area contributed by atoms with Crippen molar-refractivity contribution in [2.75, 3.05) is 0 Å². The maximum Gasteiger partial charge on any atom is 0.462 e. The molecule has 15 heteroatoms. The SMILES string of the molecule is CCC(C)(OC(F)(F)C(F)(F)C(F)(F)F)[C@@](F)(C(O)(F)F)C(F)(F)F. The van der Waals surface area contributed by atoms with Crippen LogP contribution in [0.5, 0.6) is 0 Å². The van der Waals surface area contributed by atoms with E-state index in [4.69, 9.17) is 5.11 Å². The first-order valence-electron chi connectivity index (χ1n) is 5.90. The Morgan fingerprint density at radius 3 is 1.28 bits per heavy atom. The Hall–Kier alpha value is -0.990. The molecule has 0 rings (SSSR count). The number of hydrogen-bond donors (Lipinski definition) is 1. The highest BCUT2D eigenvalue weighted by Gasteiger charge is 2.83. The molecule has 0 aromatic carbocycles. The van der Waals surface area contributed by atoms with E-state index in [2.05, 4.69) is 4.74 Å². The van der Waals surface area contributed by atoms with E-state index < -0.39 is 55.1 Å². The normalized spacial score (nSPS) is 20.2. The Morgan fingerprint density at radius 2 is 1.08 bits per heavy atom. The van der Waals surface area contributed by atoms with E-state index in [-0.39, 0.29) is 6.92 Å². The van der Waals surface area contributed by atoms with Crippen molar-refractivity contribution in [3.63, 3.8) is 0 Å². The molecule has 0 amide bonds. The lowest BCUT2D eigenvalue weighted by atomic mass is 9.81. The van der Waals surface area contributed by atoms with Crippen LogP contribution < -0.4 is 0 Å². The third-order valence-electron chi connectivity index (χ3n) is 3.28. The number of aliphatic hydroxyl groups is 1. The van der Waals surface area contributed by atoms with E-state index in [1.165, 1.54) is 0 Å². The summed E-state index contributed by atoms with van der Waals surface area (Å²) in [6, 6.07) is 0. The highest BCUT2D eigenvalue weighted by molar-refractivity contribution is 5.09. The first-order valence-corrected chi connectivity index (χ1v) is 5.90. The molecule has 0 aromatic heterocycles. The summed E-state index contributed by atoms with van der Waals surface area (Å²) in [5.74, 6) is -7.16. The lowest BCUT2D eigenvalue weighted by Crippen LogP contribution is -2.71. The third kappa shape index (κ3) is 3.61. The molecule has 0 heterocycles. The summed E-state index contributed by atoms with van der Waals surface area (Å²) in [5.41, 5.74) is -11.2. The van der Waals surface area contributed by atoms with Crippen molar-refractivity contribution in [2.24, 2.45) is 0 Å². The van der Waals surface area contributed by atoms with Crippen LogP contribution in [0.25, 0.3) is 0 Å². The predicted octanol–water partition coefficient (Wildman–Crippen LogP) is 4.82. The van der Waals surface area contributed by atoms with E-state index in [0.29, 0.717) is 0 Å². The largest absolute Gasteiger partial charge is 0.462 e. The quantitative estimate of drug-likeness (QED) is 0.639. The van der Waals surface area contributed by atoms with Gasteiger partial charge in [-0.3, -0.25) is 0 Å². The maximum absolute atomic E-state index is 14.0. The van der Waals surface area contributed by atoms with Crippen molar-refractivity contribution in [3.8, 4) is 0 Å². The van der Waals surface area contributed by atoms with Gasteiger partial charge in [-0.2, -0.15) is 52.7 Å². The van der Waals surface area contributed by atoms with Crippen molar-refractivity contribution in [1.29, 1.82) is 0 Å². The molecule has 0 aromatic rings. The Kier molecular flexibility index (Phi) is 5.79. The van der Waals surface area contributed by atoms with Gasteiger partial charge in [0, 0.05) is 0 Å². The zero-order valence-electron chi connectivity index (χ0n) is 12.0. The van der Waals surface area contributed by atoms with Crippen molar-refractivity contribution in [2.45, 2.75) is 62.0 Å². The minimum atomic E-state index is -7.16. The molecule has 0 bridgehead atoms. The number of hydrogen-bond acceptors (Lipinski definition) is 2. The van der Waals surface area contributed by atoms with E-state index in [1.54, 1.807) is 0 Å². The molecule has 0 aliphatic heterocycles. The first-order chi connectivity index (χ1) is 10.5. The lowest BCUT2D eigenvalue weighted by molar-refractivity contribution is -0.479. The van der Waals surface area contributed by atoms with Gasteiger partial charge in [0.15, 0.2) is 0 Å². The summed E-state index contributed by atoms with van der Waals surface area (Å²) in [4.78, 5) is 0. The maximum atomic E-state index is 14.0. The topological polar surface area (TPSA) is 29.5 Å². The lowest BCUT2D eigenvalue weighted by Gasteiger charge is -2.46. The molecule has 1 N–H and O–H groups in total. The van der Waals surface area contributed by atoms with Crippen LogP contribution in [0.4, 0.5) is 57.1 Å². The molecular weight excluding hydrogens is 399 g/mol. The van der Waals surface area contributed by atoms with E-state index in [0.717, 1.165) is 0 Å². The van der Waals surface area contributed by atoms with Crippen LogP contribution in [0, 0.1) is 0 Å². The molecule has 0 saturated heterocycles. The van der Waals surface area contributed by atoms with Crippen molar-refractivity contribution < 1.29 is 66.9 Å². The average Bonchev–Trinajstić information content (AvgIpc) is 2.32.